The Morgan fingerprint density at radius 3 is 2.58 bits per heavy atom. The third-order valence-electron chi connectivity index (χ3n) is 2.78. The summed E-state index contributed by atoms with van der Waals surface area (Å²) in [6, 6.07) is 0. The second kappa shape index (κ2) is 7.24. The van der Waals surface area contributed by atoms with Gasteiger partial charge in [-0.15, -0.1) is 6.58 Å². The lowest BCUT2D eigenvalue weighted by atomic mass is 10.1. The lowest BCUT2D eigenvalue weighted by molar-refractivity contribution is 0.421. The van der Waals surface area contributed by atoms with Crippen LogP contribution in [0.2, 0.25) is 0 Å². The molecule has 1 heterocycles. The number of hydrogen-bond donors (Lipinski definition) is 1. The summed E-state index contributed by atoms with van der Waals surface area (Å²) in [4.78, 5) is 11.0. The molecule has 0 aliphatic carbocycles. The van der Waals surface area contributed by atoms with Gasteiger partial charge in [0.05, 0.1) is 18.1 Å². The minimum absolute atomic E-state index is 0.0990. The van der Waals surface area contributed by atoms with Crippen LogP contribution in [0.15, 0.2) is 25.0 Å². The van der Waals surface area contributed by atoms with E-state index < -0.39 is 0 Å². The molecule has 4 nitrogen and oxygen atoms in total. The molecule has 0 unspecified atom stereocenters. The maximum atomic E-state index is 4.46. The van der Waals surface area contributed by atoms with Crippen molar-refractivity contribution >= 4 is 5.82 Å². The van der Waals surface area contributed by atoms with E-state index in [2.05, 4.69) is 47.5 Å². The quantitative estimate of drug-likeness (QED) is 0.606. The van der Waals surface area contributed by atoms with Crippen LogP contribution in [0.25, 0.3) is 0 Å². The van der Waals surface area contributed by atoms with E-state index in [-0.39, 0.29) is 5.54 Å². The fourth-order valence-corrected chi connectivity index (χ4v) is 1.58. The smallest absolute Gasteiger partial charge is 0.146 e. The average molecular weight is 262 g/mol. The summed E-state index contributed by atoms with van der Waals surface area (Å²) >= 11 is 0. The van der Waals surface area contributed by atoms with Gasteiger partial charge in [-0.25, -0.2) is 4.98 Å². The van der Waals surface area contributed by atoms with Crippen LogP contribution in [-0.4, -0.2) is 29.1 Å². The summed E-state index contributed by atoms with van der Waals surface area (Å²) in [7, 11) is 2.04. The molecule has 0 bridgehead atoms. The molecule has 0 amide bonds. The van der Waals surface area contributed by atoms with Gasteiger partial charge < -0.3 is 10.2 Å². The summed E-state index contributed by atoms with van der Waals surface area (Å²) in [5.41, 5.74) is 1.07. The number of nitrogens with zero attached hydrogens (tertiary/aromatic N) is 3. The predicted molar refractivity (Wildman–Crippen MR) is 81.3 cm³/mol. The zero-order valence-corrected chi connectivity index (χ0v) is 12.6. The molecule has 1 aromatic rings. The zero-order chi connectivity index (χ0) is 14.3. The van der Waals surface area contributed by atoms with Gasteiger partial charge in [-0.05, 0) is 33.6 Å². The standard InChI is InChI=1S/C15H26N4/c1-6-7-8-9-19(5)14-12-16-13(10-17-14)11-18-15(2,3)4/h6,10,12,18H,1,7-9,11H2,2-5H3. The van der Waals surface area contributed by atoms with Gasteiger partial charge in [-0.2, -0.15) is 0 Å². The lowest BCUT2D eigenvalue weighted by Gasteiger charge is -2.20. The predicted octanol–water partition coefficient (Wildman–Crippen LogP) is 2.77. The molecule has 4 heteroatoms. The maximum Gasteiger partial charge on any atom is 0.146 e. The molecule has 1 rings (SSSR count). The van der Waals surface area contributed by atoms with Crippen molar-refractivity contribution in [3.05, 3.63) is 30.7 Å². The summed E-state index contributed by atoms with van der Waals surface area (Å²) in [5.74, 6) is 0.920. The van der Waals surface area contributed by atoms with E-state index in [1.54, 1.807) is 0 Å². The van der Waals surface area contributed by atoms with Crippen molar-refractivity contribution in [1.29, 1.82) is 0 Å². The highest BCUT2D eigenvalue weighted by molar-refractivity contribution is 5.34. The number of aromatic nitrogens is 2. The van der Waals surface area contributed by atoms with Gasteiger partial charge in [0.2, 0.25) is 0 Å². The zero-order valence-electron chi connectivity index (χ0n) is 12.6. The van der Waals surface area contributed by atoms with Gasteiger partial charge in [-0.3, -0.25) is 4.98 Å². The highest BCUT2D eigenvalue weighted by Crippen LogP contribution is 2.09. The Morgan fingerprint density at radius 2 is 2.05 bits per heavy atom. The van der Waals surface area contributed by atoms with Gasteiger partial charge in [0.25, 0.3) is 0 Å². The Morgan fingerprint density at radius 1 is 1.32 bits per heavy atom. The van der Waals surface area contributed by atoms with Crippen LogP contribution in [0.3, 0.4) is 0 Å². The number of anilines is 1. The van der Waals surface area contributed by atoms with E-state index in [0.717, 1.165) is 37.4 Å². The Kier molecular flexibility index (Phi) is 5.96. The highest BCUT2D eigenvalue weighted by Gasteiger charge is 2.09. The van der Waals surface area contributed by atoms with Crippen LogP contribution in [0.1, 0.15) is 39.3 Å². The van der Waals surface area contributed by atoms with Crippen molar-refractivity contribution in [2.75, 3.05) is 18.5 Å². The first-order valence-electron chi connectivity index (χ1n) is 6.80. The molecule has 0 aliphatic heterocycles. The van der Waals surface area contributed by atoms with Crippen LogP contribution in [-0.2, 0) is 6.54 Å². The normalized spacial score (nSPS) is 11.4. The molecule has 0 aromatic carbocycles. The monoisotopic (exact) mass is 262 g/mol. The molecule has 0 saturated heterocycles. The highest BCUT2D eigenvalue weighted by atomic mass is 15.2. The Bertz CT molecular complexity index is 378. The van der Waals surface area contributed by atoms with E-state index in [0.29, 0.717) is 0 Å². The summed E-state index contributed by atoms with van der Waals surface area (Å²) < 4.78 is 0. The molecule has 0 saturated carbocycles. The second-order valence-electron chi connectivity index (χ2n) is 5.82. The molecular weight excluding hydrogens is 236 g/mol. The van der Waals surface area contributed by atoms with Gasteiger partial charge in [0, 0.05) is 25.7 Å². The molecule has 0 spiro atoms. The van der Waals surface area contributed by atoms with E-state index in [4.69, 9.17) is 0 Å². The van der Waals surface area contributed by atoms with Gasteiger partial charge in [0.1, 0.15) is 5.82 Å². The first-order chi connectivity index (χ1) is 8.92. The number of unbranched alkanes of at least 4 members (excludes halogenated alkanes) is 1. The Balaban J connectivity index is 2.48. The maximum absolute atomic E-state index is 4.46. The number of allylic oxidation sites excluding steroid dienone is 1. The average Bonchev–Trinajstić information content (AvgIpc) is 2.36. The Hall–Kier alpha value is -1.42. The summed E-state index contributed by atoms with van der Waals surface area (Å²) in [6.45, 7) is 11.9. The van der Waals surface area contributed by atoms with Crippen molar-refractivity contribution in [1.82, 2.24) is 15.3 Å². The summed E-state index contributed by atoms with van der Waals surface area (Å²) in [6.07, 6.45) is 7.76. The molecule has 1 N–H and O–H groups in total. The van der Waals surface area contributed by atoms with Crippen molar-refractivity contribution in [3.63, 3.8) is 0 Å². The van der Waals surface area contributed by atoms with Crippen molar-refractivity contribution in [3.8, 4) is 0 Å². The van der Waals surface area contributed by atoms with Crippen LogP contribution in [0, 0.1) is 0 Å². The molecule has 0 fully saturated rings. The lowest BCUT2D eigenvalue weighted by Crippen LogP contribution is -2.35. The van der Waals surface area contributed by atoms with Crippen LogP contribution in [0.5, 0.6) is 0 Å². The van der Waals surface area contributed by atoms with E-state index in [1.165, 1.54) is 0 Å². The number of nitrogens with one attached hydrogen (secondary N) is 1. The SMILES string of the molecule is C=CCCCN(C)c1cnc(CNC(C)(C)C)cn1. The van der Waals surface area contributed by atoms with Crippen molar-refractivity contribution in [2.45, 2.75) is 45.7 Å². The first-order valence-corrected chi connectivity index (χ1v) is 6.80. The first kappa shape index (κ1) is 15.6. The third-order valence-corrected chi connectivity index (χ3v) is 2.78. The fraction of sp³-hybridized carbons (Fsp3) is 0.600. The third kappa shape index (κ3) is 6.34. The van der Waals surface area contributed by atoms with Crippen molar-refractivity contribution in [2.24, 2.45) is 0 Å². The van der Waals surface area contributed by atoms with Crippen LogP contribution >= 0.6 is 0 Å². The minimum Gasteiger partial charge on any atom is -0.358 e. The minimum atomic E-state index is 0.0990. The number of rotatable bonds is 7. The summed E-state index contributed by atoms with van der Waals surface area (Å²) in [5, 5.41) is 3.40. The van der Waals surface area contributed by atoms with E-state index in [9.17, 15) is 0 Å². The van der Waals surface area contributed by atoms with Gasteiger partial charge in [0.15, 0.2) is 0 Å². The fourth-order valence-electron chi connectivity index (χ4n) is 1.58. The topological polar surface area (TPSA) is 41.1 Å². The molecule has 19 heavy (non-hydrogen) atoms. The molecule has 106 valence electrons. The van der Waals surface area contributed by atoms with E-state index in [1.807, 2.05) is 25.5 Å². The molecule has 1 aromatic heterocycles. The van der Waals surface area contributed by atoms with Crippen molar-refractivity contribution < 1.29 is 0 Å². The number of hydrogen-bond acceptors (Lipinski definition) is 4. The molecular formula is C15H26N4. The molecule has 0 radical (unpaired) electrons. The molecule has 0 aliphatic rings. The van der Waals surface area contributed by atoms with Crippen LogP contribution in [0.4, 0.5) is 5.82 Å². The molecule has 0 atom stereocenters. The largest absolute Gasteiger partial charge is 0.358 e. The Labute approximate surface area is 117 Å². The van der Waals surface area contributed by atoms with Gasteiger partial charge in [-0.1, -0.05) is 6.08 Å². The van der Waals surface area contributed by atoms with Gasteiger partial charge >= 0.3 is 0 Å². The van der Waals surface area contributed by atoms with E-state index >= 15 is 0 Å². The van der Waals surface area contributed by atoms with Crippen LogP contribution < -0.4 is 10.2 Å². The second-order valence-corrected chi connectivity index (χ2v) is 5.82.